The summed E-state index contributed by atoms with van der Waals surface area (Å²) in [5, 5.41) is 14.4. The van der Waals surface area contributed by atoms with Gasteiger partial charge in [-0.2, -0.15) is 13.2 Å². The van der Waals surface area contributed by atoms with Crippen LogP contribution in [0.1, 0.15) is 26.5 Å². The van der Waals surface area contributed by atoms with E-state index in [-0.39, 0.29) is 24.7 Å². The summed E-state index contributed by atoms with van der Waals surface area (Å²) in [5.41, 5.74) is -1.85. The molecule has 0 spiro atoms. The number of carbonyl (C=O) groups is 2. The van der Waals surface area contributed by atoms with Gasteiger partial charge in [-0.1, -0.05) is 0 Å². The van der Waals surface area contributed by atoms with E-state index in [9.17, 15) is 27.9 Å². The van der Waals surface area contributed by atoms with Gasteiger partial charge in [-0.15, -0.1) is 5.10 Å². The Balaban J connectivity index is 1.79. The molecule has 2 aromatic heterocycles. The number of nitrogens with zero attached hydrogens (tertiary/aromatic N) is 4. The molecule has 0 aromatic carbocycles. The van der Waals surface area contributed by atoms with Crippen molar-refractivity contribution < 1.29 is 37.3 Å². The molecule has 1 aliphatic rings. The Morgan fingerprint density at radius 3 is 2.68 bits per heavy atom. The minimum Gasteiger partial charge on any atom is -0.458 e. The van der Waals surface area contributed by atoms with Crippen molar-refractivity contribution in [1.29, 1.82) is 0 Å². The van der Waals surface area contributed by atoms with Crippen LogP contribution in [0.15, 0.2) is 30.6 Å². The van der Waals surface area contributed by atoms with Crippen molar-refractivity contribution >= 4 is 17.7 Å². The molecule has 1 fully saturated rings. The average Bonchev–Trinajstić information content (AvgIpc) is 3.16. The zero-order valence-corrected chi connectivity index (χ0v) is 17.0. The number of aliphatic hydroxyl groups is 1. The Morgan fingerprint density at radius 1 is 1.32 bits per heavy atom. The SMILES string of the molecule is CC(C)(C)OC(=O)[C@H](O)[C@H]1OCCN(c2ccn(-c3ccnc(C(F)(F)F)c3)n2)C1=O. The fourth-order valence-electron chi connectivity index (χ4n) is 2.86. The maximum Gasteiger partial charge on any atom is 0.433 e. The van der Waals surface area contributed by atoms with Crippen LogP contribution in [0, 0.1) is 0 Å². The lowest BCUT2D eigenvalue weighted by Gasteiger charge is -2.33. The van der Waals surface area contributed by atoms with Gasteiger partial charge in [0.05, 0.1) is 18.8 Å². The molecule has 12 heteroatoms. The number of aromatic nitrogens is 3. The van der Waals surface area contributed by atoms with Crippen LogP contribution in [0.2, 0.25) is 0 Å². The second-order valence-electron chi connectivity index (χ2n) is 7.78. The van der Waals surface area contributed by atoms with E-state index in [4.69, 9.17) is 9.47 Å². The molecule has 0 aliphatic carbocycles. The van der Waals surface area contributed by atoms with Gasteiger partial charge >= 0.3 is 12.1 Å². The number of hydrogen-bond acceptors (Lipinski definition) is 7. The van der Waals surface area contributed by atoms with Gasteiger partial charge in [0.15, 0.2) is 18.0 Å². The summed E-state index contributed by atoms with van der Waals surface area (Å²) in [6.07, 6.45) is -5.56. The van der Waals surface area contributed by atoms with Crippen LogP contribution in [0.3, 0.4) is 0 Å². The first-order valence-corrected chi connectivity index (χ1v) is 9.30. The number of halogens is 3. The normalized spacial score (nSPS) is 18.7. The number of carbonyl (C=O) groups excluding carboxylic acids is 2. The molecule has 1 saturated heterocycles. The molecule has 2 aromatic rings. The molecule has 0 unspecified atom stereocenters. The first-order chi connectivity index (χ1) is 14.4. The quantitative estimate of drug-likeness (QED) is 0.719. The highest BCUT2D eigenvalue weighted by Gasteiger charge is 2.41. The minimum atomic E-state index is -4.61. The number of anilines is 1. The second kappa shape index (κ2) is 8.27. The summed E-state index contributed by atoms with van der Waals surface area (Å²) >= 11 is 0. The summed E-state index contributed by atoms with van der Waals surface area (Å²) in [4.78, 5) is 29.4. The summed E-state index contributed by atoms with van der Waals surface area (Å²) in [6, 6.07) is 3.59. The number of esters is 1. The molecule has 1 aliphatic heterocycles. The molecule has 1 N–H and O–H groups in total. The Morgan fingerprint density at radius 2 is 2.03 bits per heavy atom. The van der Waals surface area contributed by atoms with E-state index >= 15 is 0 Å². The molecule has 0 saturated carbocycles. The molecule has 1 amide bonds. The molecule has 0 bridgehead atoms. The summed E-state index contributed by atoms with van der Waals surface area (Å²) in [6.45, 7) is 4.93. The van der Waals surface area contributed by atoms with Gasteiger partial charge in [-0.3, -0.25) is 14.7 Å². The zero-order valence-electron chi connectivity index (χ0n) is 17.0. The molecule has 9 nitrogen and oxygen atoms in total. The van der Waals surface area contributed by atoms with Gasteiger partial charge in [0, 0.05) is 18.5 Å². The number of pyridine rings is 1. The van der Waals surface area contributed by atoms with E-state index in [0.717, 1.165) is 16.9 Å². The molecule has 0 radical (unpaired) electrons. The van der Waals surface area contributed by atoms with E-state index in [1.807, 2.05) is 0 Å². The van der Waals surface area contributed by atoms with Crippen molar-refractivity contribution in [2.75, 3.05) is 18.1 Å². The number of hydrogen-bond donors (Lipinski definition) is 1. The van der Waals surface area contributed by atoms with Crippen molar-refractivity contribution in [3.63, 3.8) is 0 Å². The lowest BCUT2D eigenvalue weighted by Crippen LogP contribution is -2.55. The maximum atomic E-state index is 12.9. The summed E-state index contributed by atoms with van der Waals surface area (Å²) in [7, 11) is 0. The van der Waals surface area contributed by atoms with Crippen molar-refractivity contribution in [3.8, 4) is 5.69 Å². The molecule has 3 heterocycles. The smallest absolute Gasteiger partial charge is 0.433 e. The standard InChI is InChI=1S/C19H21F3N4O5/c1-18(2,3)31-17(29)14(27)15-16(28)25(8-9-30-15)13-5-7-26(24-13)11-4-6-23-12(10-11)19(20,21)22/h4-7,10,14-15,27H,8-9H2,1-3H3/t14-,15-/m1/s1. The van der Waals surface area contributed by atoms with Crippen LogP contribution >= 0.6 is 0 Å². The van der Waals surface area contributed by atoms with Crippen LogP contribution in [0.4, 0.5) is 19.0 Å². The summed E-state index contributed by atoms with van der Waals surface area (Å²) < 4.78 is 50.2. The summed E-state index contributed by atoms with van der Waals surface area (Å²) in [5.74, 6) is -1.60. The molecular weight excluding hydrogens is 421 g/mol. The number of morpholine rings is 1. The van der Waals surface area contributed by atoms with Gasteiger partial charge in [0.25, 0.3) is 5.91 Å². The van der Waals surface area contributed by atoms with E-state index < -0.39 is 41.6 Å². The minimum absolute atomic E-state index is 0.0105. The molecule has 2 atom stereocenters. The highest BCUT2D eigenvalue weighted by Crippen LogP contribution is 2.29. The van der Waals surface area contributed by atoms with Crippen molar-refractivity contribution in [3.05, 3.63) is 36.3 Å². The van der Waals surface area contributed by atoms with Gasteiger partial charge in [-0.05, 0) is 32.9 Å². The van der Waals surface area contributed by atoms with Crippen molar-refractivity contribution in [2.45, 2.75) is 44.8 Å². The highest BCUT2D eigenvalue weighted by molar-refractivity contribution is 5.99. The third-order valence-corrected chi connectivity index (χ3v) is 4.21. The van der Waals surface area contributed by atoms with E-state index in [0.29, 0.717) is 0 Å². The van der Waals surface area contributed by atoms with E-state index in [1.54, 1.807) is 20.8 Å². The average molecular weight is 442 g/mol. The number of alkyl halides is 3. The predicted octanol–water partition coefficient (Wildman–Crippen LogP) is 1.72. The zero-order chi connectivity index (χ0) is 23.0. The number of amides is 1. The molecule has 3 rings (SSSR count). The fourth-order valence-corrected chi connectivity index (χ4v) is 2.86. The number of ether oxygens (including phenoxy) is 2. The first-order valence-electron chi connectivity index (χ1n) is 9.30. The van der Waals surface area contributed by atoms with Gasteiger partial charge in [0.2, 0.25) is 0 Å². The Bertz CT molecular complexity index is 970. The Hall–Kier alpha value is -2.99. The third-order valence-electron chi connectivity index (χ3n) is 4.21. The van der Waals surface area contributed by atoms with Crippen molar-refractivity contribution in [2.24, 2.45) is 0 Å². The van der Waals surface area contributed by atoms with E-state index in [1.165, 1.54) is 23.2 Å². The van der Waals surface area contributed by atoms with Gasteiger partial charge in [-0.25, -0.2) is 9.48 Å². The largest absolute Gasteiger partial charge is 0.458 e. The molecule has 31 heavy (non-hydrogen) atoms. The topological polar surface area (TPSA) is 107 Å². The van der Waals surface area contributed by atoms with Crippen LogP contribution in [0.5, 0.6) is 0 Å². The number of rotatable bonds is 4. The number of aliphatic hydroxyl groups excluding tert-OH is 1. The highest BCUT2D eigenvalue weighted by atomic mass is 19.4. The fraction of sp³-hybridized carbons (Fsp3) is 0.474. The van der Waals surface area contributed by atoms with Crippen LogP contribution < -0.4 is 4.90 Å². The second-order valence-corrected chi connectivity index (χ2v) is 7.78. The first kappa shape index (κ1) is 22.7. The Labute approximate surface area is 175 Å². The van der Waals surface area contributed by atoms with Gasteiger partial charge < -0.3 is 14.6 Å². The monoisotopic (exact) mass is 442 g/mol. The Kier molecular flexibility index (Phi) is 6.05. The van der Waals surface area contributed by atoms with Crippen LogP contribution in [0.25, 0.3) is 5.69 Å². The van der Waals surface area contributed by atoms with Gasteiger partial charge in [0.1, 0.15) is 11.3 Å². The maximum absolute atomic E-state index is 12.9. The van der Waals surface area contributed by atoms with Crippen molar-refractivity contribution in [1.82, 2.24) is 14.8 Å². The molecular formula is C19H21F3N4O5. The predicted molar refractivity (Wildman–Crippen MR) is 100 cm³/mol. The lowest BCUT2D eigenvalue weighted by molar-refractivity contribution is -0.177. The molecule has 168 valence electrons. The van der Waals surface area contributed by atoms with Crippen LogP contribution in [-0.2, 0) is 25.2 Å². The van der Waals surface area contributed by atoms with E-state index in [2.05, 4.69) is 10.1 Å². The third kappa shape index (κ3) is 5.20. The lowest BCUT2D eigenvalue weighted by atomic mass is 10.1. The van der Waals surface area contributed by atoms with Crippen LogP contribution in [-0.4, -0.2) is 62.7 Å².